The van der Waals surface area contributed by atoms with E-state index in [1.54, 1.807) is 12.4 Å². The van der Waals surface area contributed by atoms with Gasteiger partial charge in [0.2, 0.25) is 0 Å². The summed E-state index contributed by atoms with van der Waals surface area (Å²) in [5, 5.41) is 3.77. The minimum absolute atomic E-state index is 0. The third-order valence-electron chi connectivity index (χ3n) is 5.77. The predicted octanol–water partition coefficient (Wildman–Crippen LogP) is 7.21. The van der Waals surface area contributed by atoms with Crippen LogP contribution in [0.25, 0.3) is 66.4 Å². The quantitative estimate of drug-likeness (QED) is 0.196. The summed E-state index contributed by atoms with van der Waals surface area (Å²) in [6, 6.07) is 30.6. The second kappa shape index (κ2) is 7.68. The van der Waals surface area contributed by atoms with Crippen LogP contribution in [0.2, 0.25) is 0 Å². The molecule has 7 rings (SSSR count). The molecule has 158 valence electrons. The molecule has 0 N–H and O–H groups in total. The van der Waals surface area contributed by atoms with Crippen molar-refractivity contribution in [3.05, 3.63) is 97.3 Å². The first kappa shape index (κ1) is 19.9. The third kappa shape index (κ3) is 3.10. The van der Waals surface area contributed by atoms with Gasteiger partial charge in [-0.3, -0.25) is 9.97 Å². The first-order valence-corrected chi connectivity index (χ1v) is 10.3. The van der Waals surface area contributed by atoms with Crippen LogP contribution in [-0.4, -0.2) is 9.97 Å². The smallest absolute Gasteiger partial charge is 0.500 e. The van der Waals surface area contributed by atoms with Gasteiger partial charge in [-0.1, -0.05) is 69.1 Å². The molecule has 7 aromatic rings. The van der Waals surface area contributed by atoms with Crippen LogP contribution in [0.5, 0.6) is 0 Å². The normalized spacial score (nSPS) is 11.4. The zero-order valence-corrected chi connectivity index (χ0v) is 19.4. The number of hydrogen-bond acceptors (Lipinski definition) is 4. The predicted molar refractivity (Wildman–Crippen MR) is 125 cm³/mol. The summed E-state index contributed by atoms with van der Waals surface area (Å²) in [4.78, 5) is 8.95. The topological polar surface area (TPSA) is 52.1 Å². The van der Waals surface area contributed by atoms with Gasteiger partial charge in [-0.25, -0.2) is 0 Å². The van der Waals surface area contributed by atoms with E-state index in [4.69, 9.17) is 8.83 Å². The van der Waals surface area contributed by atoms with Gasteiger partial charge in [0, 0.05) is 23.8 Å². The molecular weight excluding hydrogens is 591 g/mol. The van der Waals surface area contributed by atoms with Crippen molar-refractivity contribution in [3.8, 4) is 22.5 Å². The summed E-state index contributed by atoms with van der Waals surface area (Å²) < 4.78 is 12.3. The molecule has 0 fully saturated rings. The zero-order chi connectivity index (χ0) is 21.1. The van der Waals surface area contributed by atoms with Crippen LogP contribution in [0.15, 0.2) is 94.0 Å². The second-order valence-electron chi connectivity index (χ2n) is 7.67. The summed E-state index contributed by atoms with van der Waals surface area (Å²) >= 11 is 0. The number of pyridine rings is 2. The molecule has 4 aromatic heterocycles. The fraction of sp³-hybridized carbons (Fsp3) is 0. The molecule has 0 aliphatic rings. The van der Waals surface area contributed by atoms with Crippen LogP contribution in [0, 0.1) is 12.1 Å². The van der Waals surface area contributed by atoms with Crippen LogP contribution in [0.3, 0.4) is 0 Å². The Balaban J connectivity index is 0.00000206. The Hall–Kier alpha value is -3.75. The molecule has 4 nitrogen and oxygen atoms in total. The van der Waals surface area contributed by atoms with Gasteiger partial charge in [-0.05, 0) is 24.3 Å². The summed E-state index contributed by atoms with van der Waals surface area (Å²) in [6.07, 6.45) is 3.58. The molecule has 5 heteroatoms. The maximum atomic E-state index is 6.17. The van der Waals surface area contributed by atoms with E-state index in [1.807, 2.05) is 72.8 Å². The van der Waals surface area contributed by atoms with Crippen molar-refractivity contribution in [2.24, 2.45) is 0 Å². The second-order valence-corrected chi connectivity index (χ2v) is 7.67. The van der Waals surface area contributed by atoms with Crippen molar-refractivity contribution in [2.75, 3.05) is 0 Å². The Bertz CT molecular complexity index is 1640. The van der Waals surface area contributed by atoms with Gasteiger partial charge < -0.3 is 8.83 Å². The number of nitrogens with zero attached hydrogens (tertiary/aromatic N) is 2. The first-order valence-electron chi connectivity index (χ1n) is 10.3. The zero-order valence-electron chi connectivity index (χ0n) is 17.1. The van der Waals surface area contributed by atoms with E-state index in [1.165, 1.54) is 0 Å². The van der Waals surface area contributed by atoms with E-state index >= 15 is 0 Å². The van der Waals surface area contributed by atoms with E-state index in [9.17, 15) is 0 Å². The number of benzene rings is 3. The molecule has 0 unspecified atom stereocenters. The van der Waals surface area contributed by atoms with E-state index in [2.05, 4.69) is 22.1 Å². The molecule has 0 bridgehead atoms. The molecule has 0 aliphatic heterocycles. The van der Waals surface area contributed by atoms with Crippen molar-refractivity contribution in [2.45, 2.75) is 0 Å². The van der Waals surface area contributed by atoms with Crippen molar-refractivity contribution in [1.82, 2.24) is 9.97 Å². The largest absolute Gasteiger partial charge is 2.00 e. The van der Waals surface area contributed by atoms with Gasteiger partial charge in [0.1, 0.15) is 0 Å². The Morgan fingerprint density at radius 2 is 0.970 bits per heavy atom. The number of furan rings is 2. The van der Waals surface area contributed by atoms with Crippen LogP contribution >= 0.6 is 0 Å². The van der Waals surface area contributed by atoms with Gasteiger partial charge in [0.05, 0.1) is 22.3 Å². The molecule has 0 amide bonds. The third-order valence-corrected chi connectivity index (χ3v) is 5.77. The Kier molecular flexibility index (Phi) is 4.63. The van der Waals surface area contributed by atoms with Crippen molar-refractivity contribution < 1.29 is 29.9 Å². The van der Waals surface area contributed by atoms with Crippen LogP contribution in [-0.2, 0) is 21.1 Å². The van der Waals surface area contributed by atoms with Crippen molar-refractivity contribution in [1.29, 1.82) is 0 Å². The molecule has 0 saturated carbocycles. The molecule has 0 radical (unpaired) electrons. The molecule has 4 heterocycles. The average molecular weight is 606 g/mol. The molecule has 0 spiro atoms. The summed E-state index contributed by atoms with van der Waals surface area (Å²) in [6.45, 7) is 0. The standard InChI is InChI=1S/C28H14N2O2.Pt/c1-3-13-29-21(5-1)17-7-9-23-19(15-17)27-25(31-23)11-12-26-28(27)20-16-18(8-10-24(20)32-26)22-6-2-4-14-30-22;/h1-14H;/q-2;+2. The number of fused-ring (bicyclic) bond motifs is 7. The Morgan fingerprint density at radius 3 is 1.39 bits per heavy atom. The van der Waals surface area contributed by atoms with E-state index < -0.39 is 0 Å². The van der Waals surface area contributed by atoms with Crippen LogP contribution in [0.4, 0.5) is 0 Å². The molecule has 0 saturated heterocycles. The van der Waals surface area contributed by atoms with Gasteiger partial charge in [-0.2, -0.15) is 0 Å². The maximum Gasteiger partial charge on any atom is 2.00 e. The molecule has 33 heavy (non-hydrogen) atoms. The Morgan fingerprint density at radius 1 is 0.515 bits per heavy atom. The van der Waals surface area contributed by atoms with Gasteiger partial charge in [0.25, 0.3) is 0 Å². The fourth-order valence-electron chi connectivity index (χ4n) is 4.31. The summed E-state index contributed by atoms with van der Waals surface area (Å²) in [5.41, 5.74) is 6.73. The summed E-state index contributed by atoms with van der Waals surface area (Å²) in [5.74, 6) is 0. The minimum atomic E-state index is 0. The molecular formula is C28H14N2O2Pt. The maximum absolute atomic E-state index is 6.17. The van der Waals surface area contributed by atoms with E-state index in [0.29, 0.717) is 0 Å². The van der Waals surface area contributed by atoms with Crippen LogP contribution in [0.1, 0.15) is 0 Å². The number of aromatic nitrogens is 2. The monoisotopic (exact) mass is 605 g/mol. The van der Waals surface area contributed by atoms with Crippen LogP contribution < -0.4 is 0 Å². The first-order chi connectivity index (χ1) is 15.8. The van der Waals surface area contributed by atoms with Gasteiger partial charge in [0.15, 0.2) is 0 Å². The van der Waals surface area contributed by atoms with Crippen molar-refractivity contribution >= 4 is 43.9 Å². The Labute approximate surface area is 203 Å². The average Bonchev–Trinajstić information content (AvgIpc) is 3.42. The minimum Gasteiger partial charge on any atom is -0.500 e. The summed E-state index contributed by atoms with van der Waals surface area (Å²) in [7, 11) is 0. The molecule has 0 atom stereocenters. The van der Waals surface area contributed by atoms with E-state index in [-0.39, 0.29) is 21.1 Å². The number of hydrogen-bond donors (Lipinski definition) is 0. The van der Waals surface area contributed by atoms with Gasteiger partial charge in [-0.15, -0.1) is 24.3 Å². The SMILES string of the molecule is [Pt+2].[c-]1c(-c2ccccn2)ccc2oc3ccc4oc5ccc(-c6ccccn6)[c-]c5c4c3c12. The molecule has 0 aliphatic carbocycles. The van der Waals surface area contributed by atoms with E-state index in [0.717, 1.165) is 66.4 Å². The molecule has 3 aromatic carbocycles. The van der Waals surface area contributed by atoms with Gasteiger partial charge >= 0.3 is 21.1 Å². The number of rotatable bonds is 2. The van der Waals surface area contributed by atoms with Crippen molar-refractivity contribution in [3.63, 3.8) is 0 Å². The fourth-order valence-corrected chi connectivity index (χ4v) is 4.31.